The van der Waals surface area contributed by atoms with Crippen molar-refractivity contribution in [3.63, 3.8) is 0 Å². The van der Waals surface area contributed by atoms with Gasteiger partial charge in [0.25, 0.3) is 0 Å². The average molecular weight is 342 g/mol. The van der Waals surface area contributed by atoms with Gasteiger partial charge in [-0.05, 0) is 49.7 Å². The molecule has 0 saturated carbocycles. The third-order valence-electron chi connectivity index (χ3n) is 4.33. The molecule has 2 unspecified atom stereocenters. The van der Waals surface area contributed by atoms with E-state index in [4.69, 9.17) is 14.2 Å². The van der Waals surface area contributed by atoms with Gasteiger partial charge in [-0.1, -0.05) is 60.7 Å². The molecule has 0 heterocycles. The molecule has 0 fully saturated rings. The lowest BCUT2D eigenvalue weighted by molar-refractivity contribution is -0.233. The molecule has 2 aromatic rings. The summed E-state index contributed by atoms with van der Waals surface area (Å²) in [6, 6.07) is 21.0. The maximum Gasteiger partial charge on any atom is 0.160 e. The molecule has 0 amide bonds. The van der Waals surface area contributed by atoms with E-state index >= 15 is 0 Å². The molecule has 0 aliphatic heterocycles. The fourth-order valence-electron chi connectivity index (χ4n) is 2.89. The standard InChI is InChI=1S/C22H30O3/c1-23-21(17-9-15-19-11-5-3-6-12-19)25-22(24-2)18-10-16-20-13-7-4-8-14-20/h3-8,11-14,21-22H,9-10,15-18H2,1-2H3. The van der Waals surface area contributed by atoms with Crippen molar-refractivity contribution in [2.24, 2.45) is 0 Å². The van der Waals surface area contributed by atoms with Gasteiger partial charge in [0.05, 0.1) is 0 Å². The van der Waals surface area contributed by atoms with Crippen LogP contribution in [0.3, 0.4) is 0 Å². The molecule has 0 aliphatic rings. The van der Waals surface area contributed by atoms with Crippen LogP contribution in [0.5, 0.6) is 0 Å². The lowest BCUT2D eigenvalue weighted by Crippen LogP contribution is -2.25. The molecule has 3 nitrogen and oxygen atoms in total. The van der Waals surface area contributed by atoms with Crippen molar-refractivity contribution in [2.75, 3.05) is 14.2 Å². The summed E-state index contributed by atoms with van der Waals surface area (Å²) >= 11 is 0. The van der Waals surface area contributed by atoms with Crippen LogP contribution in [0, 0.1) is 0 Å². The van der Waals surface area contributed by atoms with Crippen molar-refractivity contribution in [1.82, 2.24) is 0 Å². The van der Waals surface area contributed by atoms with Crippen molar-refractivity contribution in [3.05, 3.63) is 71.8 Å². The zero-order chi connectivity index (χ0) is 17.7. The van der Waals surface area contributed by atoms with Crippen molar-refractivity contribution >= 4 is 0 Å². The molecule has 0 saturated heterocycles. The Morgan fingerprint density at radius 2 is 1.04 bits per heavy atom. The Morgan fingerprint density at radius 3 is 1.40 bits per heavy atom. The second-order valence-corrected chi connectivity index (χ2v) is 6.22. The van der Waals surface area contributed by atoms with Gasteiger partial charge in [-0.3, -0.25) is 0 Å². The number of hydrogen-bond donors (Lipinski definition) is 0. The first-order valence-electron chi connectivity index (χ1n) is 9.10. The van der Waals surface area contributed by atoms with E-state index < -0.39 is 0 Å². The topological polar surface area (TPSA) is 27.7 Å². The molecule has 3 heteroatoms. The molecule has 136 valence electrons. The average Bonchev–Trinajstić information content (AvgIpc) is 2.67. The number of ether oxygens (including phenoxy) is 3. The van der Waals surface area contributed by atoms with Crippen LogP contribution in [0.15, 0.2) is 60.7 Å². The molecule has 2 aromatic carbocycles. The number of benzene rings is 2. The van der Waals surface area contributed by atoms with Gasteiger partial charge >= 0.3 is 0 Å². The van der Waals surface area contributed by atoms with Gasteiger partial charge in [-0.25, -0.2) is 0 Å². The van der Waals surface area contributed by atoms with Crippen molar-refractivity contribution in [1.29, 1.82) is 0 Å². The first kappa shape index (κ1) is 19.6. The highest BCUT2D eigenvalue weighted by Gasteiger charge is 2.15. The predicted molar refractivity (Wildman–Crippen MR) is 101 cm³/mol. The van der Waals surface area contributed by atoms with Crippen LogP contribution in [0.1, 0.15) is 36.8 Å². The maximum atomic E-state index is 5.98. The Hall–Kier alpha value is -1.68. The third kappa shape index (κ3) is 7.82. The van der Waals surface area contributed by atoms with Gasteiger partial charge in [0, 0.05) is 14.2 Å². The van der Waals surface area contributed by atoms with E-state index in [0.29, 0.717) is 0 Å². The molecular formula is C22H30O3. The van der Waals surface area contributed by atoms with Crippen LogP contribution >= 0.6 is 0 Å². The summed E-state index contributed by atoms with van der Waals surface area (Å²) in [5.74, 6) is 0. The Kier molecular flexibility index (Phi) is 9.27. The van der Waals surface area contributed by atoms with Gasteiger partial charge in [-0.2, -0.15) is 0 Å². The smallest absolute Gasteiger partial charge is 0.160 e. The Bertz CT molecular complexity index is 504. The largest absolute Gasteiger partial charge is 0.356 e. The second-order valence-electron chi connectivity index (χ2n) is 6.22. The van der Waals surface area contributed by atoms with Crippen LogP contribution in [0.4, 0.5) is 0 Å². The Balaban J connectivity index is 1.68. The summed E-state index contributed by atoms with van der Waals surface area (Å²) < 4.78 is 16.9. The minimum atomic E-state index is -0.217. The number of hydrogen-bond acceptors (Lipinski definition) is 3. The first-order valence-corrected chi connectivity index (χ1v) is 9.10. The van der Waals surface area contributed by atoms with Gasteiger partial charge < -0.3 is 14.2 Å². The van der Waals surface area contributed by atoms with Gasteiger partial charge in [-0.15, -0.1) is 0 Å². The summed E-state index contributed by atoms with van der Waals surface area (Å²) in [5, 5.41) is 0. The summed E-state index contributed by atoms with van der Waals surface area (Å²) in [6.07, 6.45) is 5.43. The summed E-state index contributed by atoms with van der Waals surface area (Å²) in [4.78, 5) is 0. The van der Waals surface area contributed by atoms with Crippen LogP contribution in [0.25, 0.3) is 0 Å². The summed E-state index contributed by atoms with van der Waals surface area (Å²) in [6.45, 7) is 0. The maximum absolute atomic E-state index is 5.98. The third-order valence-corrected chi connectivity index (χ3v) is 4.33. The number of aryl methyl sites for hydroxylation is 2. The monoisotopic (exact) mass is 342 g/mol. The normalized spacial score (nSPS) is 13.5. The van der Waals surface area contributed by atoms with E-state index in [0.717, 1.165) is 38.5 Å². The van der Waals surface area contributed by atoms with E-state index in [1.807, 2.05) is 12.1 Å². The first-order chi connectivity index (χ1) is 12.3. The molecule has 0 spiro atoms. The van der Waals surface area contributed by atoms with E-state index in [9.17, 15) is 0 Å². The van der Waals surface area contributed by atoms with E-state index in [2.05, 4.69) is 48.5 Å². The highest BCUT2D eigenvalue weighted by Crippen LogP contribution is 2.15. The molecular weight excluding hydrogens is 312 g/mol. The Labute approximate surface area is 151 Å². The predicted octanol–water partition coefficient (Wildman–Crippen LogP) is 4.99. The fourth-order valence-corrected chi connectivity index (χ4v) is 2.89. The van der Waals surface area contributed by atoms with Crippen LogP contribution < -0.4 is 0 Å². The molecule has 2 rings (SSSR count). The van der Waals surface area contributed by atoms with Crippen LogP contribution in [-0.2, 0) is 27.1 Å². The minimum Gasteiger partial charge on any atom is -0.356 e. The van der Waals surface area contributed by atoms with Gasteiger partial charge in [0.2, 0.25) is 0 Å². The second kappa shape index (κ2) is 11.8. The molecule has 0 bridgehead atoms. The van der Waals surface area contributed by atoms with Crippen molar-refractivity contribution in [3.8, 4) is 0 Å². The van der Waals surface area contributed by atoms with Crippen molar-refractivity contribution in [2.45, 2.75) is 51.1 Å². The summed E-state index contributed by atoms with van der Waals surface area (Å²) in [7, 11) is 3.40. The molecule has 0 radical (unpaired) electrons. The lowest BCUT2D eigenvalue weighted by atomic mass is 10.1. The molecule has 2 atom stereocenters. The van der Waals surface area contributed by atoms with E-state index in [1.165, 1.54) is 11.1 Å². The lowest BCUT2D eigenvalue weighted by Gasteiger charge is -2.23. The minimum absolute atomic E-state index is 0.217. The van der Waals surface area contributed by atoms with Gasteiger partial charge in [0.15, 0.2) is 12.6 Å². The number of rotatable bonds is 12. The zero-order valence-electron chi connectivity index (χ0n) is 15.4. The van der Waals surface area contributed by atoms with E-state index in [-0.39, 0.29) is 12.6 Å². The quantitative estimate of drug-likeness (QED) is 0.508. The van der Waals surface area contributed by atoms with E-state index in [1.54, 1.807) is 14.2 Å². The molecule has 0 aliphatic carbocycles. The fraction of sp³-hybridized carbons (Fsp3) is 0.455. The van der Waals surface area contributed by atoms with Crippen molar-refractivity contribution < 1.29 is 14.2 Å². The zero-order valence-corrected chi connectivity index (χ0v) is 15.4. The molecule has 0 N–H and O–H groups in total. The number of methoxy groups -OCH3 is 2. The SMILES string of the molecule is COC(CCCc1ccccc1)OC(CCCc1ccccc1)OC. The van der Waals surface area contributed by atoms with Crippen LogP contribution in [0.2, 0.25) is 0 Å². The highest BCUT2D eigenvalue weighted by atomic mass is 16.8. The summed E-state index contributed by atoms with van der Waals surface area (Å²) in [5.41, 5.74) is 2.70. The molecule has 0 aromatic heterocycles. The van der Waals surface area contributed by atoms with Crippen LogP contribution in [-0.4, -0.2) is 26.8 Å². The van der Waals surface area contributed by atoms with Gasteiger partial charge in [0.1, 0.15) is 0 Å². The highest BCUT2D eigenvalue weighted by molar-refractivity contribution is 5.15. The molecule has 25 heavy (non-hydrogen) atoms. The Morgan fingerprint density at radius 1 is 0.640 bits per heavy atom.